The van der Waals surface area contributed by atoms with Crippen LogP contribution in [0.15, 0.2) is 45.8 Å². The second kappa shape index (κ2) is 8.62. The van der Waals surface area contributed by atoms with Crippen LogP contribution in [-0.4, -0.2) is 25.2 Å². The molecule has 0 aliphatic rings. The number of nitrogens with one attached hydrogen (secondary N) is 1. The third kappa shape index (κ3) is 4.74. The molecule has 6 nitrogen and oxygen atoms in total. The zero-order chi connectivity index (χ0) is 22.1. The highest BCUT2D eigenvalue weighted by Crippen LogP contribution is 2.29. The first-order valence-electron chi connectivity index (χ1n) is 9.41. The lowest BCUT2D eigenvalue weighted by Gasteiger charge is -2.11. The van der Waals surface area contributed by atoms with Gasteiger partial charge in [-0.1, -0.05) is 35.0 Å². The molecular weight excluding hydrogens is 424 g/mol. The summed E-state index contributed by atoms with van der Waals surface area (Å²) in [4.78, 5) is 12.5. The first-order valence-corrected chi connectivity index (χ1v) is 11.4. The van der Waals surface area contributed by atoms with Crippen LogP contribution in [0.1, 0.15) is 28.8 Å². The molecule has 1 aromatic heterocycles. The number of aromatic nitrogens is 1. The molecule has 1 amide bonds. The van der Waals surface area contributed by atoms with Gasteiger partial charge in [0.25, 0.3) is 0 Å². The maximum absolute atomic E-state index is 13.0. The number of hydrogen-bond donors (Lipinski definition) is 1. The van der Waals surface area contributed by atoms with E-state index in [0.29, 0.717) is 27.6 Å². The first-order chi connectivity index (χ1) is 14.1. The van der Waals surface area contributed by atoms with E-state index in [9.17, 15) is 13.2 Å². The number of nitrogens with zero attached hydrogens (tertiary/aromatic N) is 1. The van der Waals surface area contributed by atoms with Crippen LogP contribution in [0.25, 0.3) is 11.3 Å². The summed E-state index contributed by atoms with van der Waals surface area (Å²) in [5, 5.41) is 7.15. The maximum Gasteiger partial charge on any atom is 0.225 e. The minimum Gasteiger partial charge on any atom is -0.356 e. The molecule has 0 spiro atoms. The van der Waals surface area contributed by atoms with Gasteiger partial charge < -0.3 is 9.84 Å². The van der Waals surface area contributed by atoms with Crippen molar-refractivity contribution in [2.75, 3.05) is 11.1 Å². The maximum atomic E-state index is 13.0. The second-order valence-corrected chi connectivity index (χ2v) is 9.79. The summed E-state index contributed by atoms with van der Waals surface area (Å²) in [6.45, 7) is 7.26. The van der Waals surface area contributed by atoms with E-state index >= 15 is 0 Å². The molecule has 0 fully saturated rings. The topological polar surface area (TPSA) is 89.3 Å². The standard InChI is InChI=1S/C22H23ClN2O4S/c1-13-6-8-18(23)12-19(13)24-21(26)9-10-30(27,28)20-11-17(7-5-14(20)2)22-15(3)16(4)25-29-22/h5-8,11-12H,9-10H2,1-4H3,(H,24,26). The number of amides is 1. The fourth-order valence-corrected chi connectivity index (χ4v) is 4.75. The molecule has 2 aromatic carbocycles. The lowest BCUT2D eigenvalue weighted by atomic mass is 10.1. The Hall–Kier alpha value is -2.64. The van der Waals surface area contributed by atoms with E-state index in [1.165, 1.54) is 0 Å². The number of halogens is 1. The zero-order valence-corrected chi connectivity index (χ0v) is 18.8. The van der Waals surface area contributed by atoms with Crippen molar-refractivity contribution in [2.45, 2.75) is 39.0 Å². The fourth-order valence-electron chi connectivity index (χ4n) is 3.04. The van der Waals surface area contributed by atoms with E-state index in [0.717, 1.165) is 16.8 Å². The normalized spacial score (nSPS) is 11.5. The zero-order valence-electron chi connectivity index (χ0n) is 17.2. The van der Waals surface area contributed by atoms with Crippen molar-refractivity contribution in [3.05, 3.63) is 63.8 Å². The molecule has 3 rings (SSSR count). The average molecular weight is 447 g/mol. The molecule has 1 heterocycles. The van der Waals surface area contributed by atoms with E-state index in [-0.39, 0.29) is 23.0 Å². The second-order valence-electron chi connectivity index (χ2n) is 7.28. The summed E-state index contributed by atoms with van der Waals surface area (Å²) in [5.74, 6) is -0.158. The average Bonchev–Trinajstić information content (AvgIpc) is 3.02. The molecule has 0 radical (unpaired) electrons. The van der Waals surface area contributed by atoms with Gasteiger partial charge in [0.2, 0.25) is 5.91 Å². The van der Waals surface area contributed by atoms with Crippen molar-refractivity contribution in [1.29, 1.82) is 0 Å². The number of benzene rings is 2. The van der Waals surface area contributed by atoms with Gasteiger partial charge in [-0.2, -0.15) is 0 Å². The Bertz CT molecular complexity index is 1220. The minimum absolute atomic E-state index is 0.168. The van der Waals surface area contributed by atoms with Crippen molar-refractivity contribution >= 4 is 33.0 Å². The Morgan fingerprint density at radius 1 is 1.07 bits per heavy atom. The van der Waals surface area contributed by atoms with E-state index in [4.69, 9.17) is 16.1 Å². The number of carbonyl (C=O) groups is 1. The van der Waals surface area contributed by atoms with Crippen LogP contribution in [0, 0.1) is 27.7 Å². The molecule has 158 valence electrons. The third-order valence-electron chi connectivity index (χ3n) is 5.01. The van der Waals surface area contributed by atoms with Crippen molar-refractivity contribution < 1.29 is 17.7 Å². The van der Waals surface area contributed by atoms with Gasteiger partial charge in [0.1, 0.15) is 0 Å². The van der Waals surface area contributed by atoms with Gasteiger partial charge in [-0.3, -0.25) is 4.79 Å². The molecule has 1 N–H and O–H groups in total. The molecule has 3 aromatic rings. The molecule has 0 saturated heterocycles. The molecule has 0 saturated carbocycles. The first kappa shape index (κ1) is 22.1. The highest BCUT2D eigenvalue weighted by molar-refractivity contribution is 7.91. The number of sulfone groups is 1. The van der Waals surface area contributed by atoms with Gasteiger partial charge in [0, 0.05) is 28.3 Å². The van der Waals surface area contributed by atoms with Crippen molar-refractivity contribution in [2.24, 2.45) is 0 Å². The van der Waals surface area contributed by atoms with Crippen LogP contribution in [0.2, 0.25) is 5.02 Å². The summed E-state index contributed by atoms with van der Waals surface area (Å²) in [6, 6.07) is 10.3. The van der Waals surface area contributed by atoms with Crippen molar-refractivity contribution in [3.63, 3.8) is 0 Å². The van der Waals surface area contributed by atoms with Crippen molar-refractivity contribution in [3.8, 4) is 11.3 Å². The molecule has 30 heavy (non-hydrogen) atoms. The quantitative estimate of drug-likeness (QED) is 0.573. The summed E-state index contributed by atoms with van der Waals surface area (Å²) in [7, 11) is -3.68. The molecule has 0 unspecified atom stereocenters. The summed E-state index contributed by atoms with van der Waals surface area (Å²) in [6.07, 6.45) is -0.168. The SMILES string of the molecule is Cc1ccc(Cl)cc1NC(=O)CCS(=O)(=O)c1cc(-c2onc(C)c2C)ccc1C. The van der Waals surface area contributed by atoms with Gasteiger partial charge in [-0.15, -0.1) is 0 Å². The number of carbonyl (C=O) groups excluding carboxylic acids is 1. The predicted octanol–water partition coefficient (Wildman–Crippen LogP) is 5.03. The van der Waals surface area contributed by atoms with Gasteiger partial charge in [-0.25, -0.2) is 8.42 Å². The van der Waals surface area contributed by atoms with Crippen molar-refractivity contribution in [1.82, 2.24) is 5.16 Å². The predicted molar refractivity (Wildman–Crippen MR) is 118 cm³/mol. The van der Waals surface area contributed by atoms with E-state index in [2.05, 4.69) is 10.5 Å². The van der Waals surface area contributed by atoms with Gasteiger partial charge in [0.05, 0.1) is 16.3 Å². The van der Waals surface area contributed by atoms with Crippen LogP contribution in [0.4, 0.5) is 5.69 Å². The highest BCUT2D eigenvalue weighted by atomic mass is 35.5. The summed E-state index contributed by atoms with van der Waals surface area (Å²) >= 11 is 5.97. The molecule has 0 bridgehead atoms. The molecule has 0 atom stereocenters. The largest absolute Gasteiger partial charge is 0.356 e. The Morgan fingerprint density at radius 2 is 1.77 bits per heavy atom. The number of anilines is 1. The molecule has 0 aliphatic carbocycles. The molecular formula is C22H23ClN2O4S. The van der Waals surface area contributed by atoms with Crippen LogP contribution >= 0.6 is 11.6 Å². The van der Waals surface area contributed by atoms with Crippen LogP contribution in [0.5, 0.6) is 0 Å². The van der Waals surface area contributed by atoms with Gasteiger partial charge in [-0.05, 0) is 57.0 Å². The Balaban J connectivity index is 1.78. The highest BCUT2D eigenvalue weighted by Gasteiger charge is 2.21. The molecule has 0 aliphatic heterocycles. The lowest BCUT2D eigenvalue weighted by molar-refractivity contribution is -0.115. The Kier molecular flexibility index (Phi) is 6.33. The molecule has 8 heteroatoms. The summed E-state index contributed by atoms with van der Waals surface area (Å²) in [5.41, 5.74) is 4.27. The van der Waals surface area contributed by atoms with Crippen LogP contribution < -0.4 is 5.32 Å². The lowest BCUT2D eigenvalue weighted by Crippen LogP contribution is -2.18. The fraction of sp³-hybridized carbons (Fsp3) is 0.273. The van der Waals surface area contributed by atoms with Gasteiger partial charge >= 0.3 is 0 Å². The van der Waals surface area contributed by atoms with E-state index in [1.54, 1.807) is 43.3 Å². The Labute approximate surface area is 181 Å². The minimum atomic E-state index is -3.68. The monoisotopic (exact) mass is 446 g/mol. The number of hydrogen-bond acceptors (Lipinski definition) is 5. The van der Waals surface area contributed by atoms with Crippen LogP contribution in [0.3, 0.4) is 0 Å². The third-order valence-corrected chi connectivity index (χ3v) is 7.10. The van der Waals surface area contributed by atoms with E-state index in [1.807, 2.05) is 20.8 Å². The number of aryl methyl sites for hydroxylation is 3. The Morgan fingerprint density at radius 3 is 2.43 bits per heavy atom. The number of rotatable bonds is 6. The smallest absolute Gasteiger partial charge is 0.225 e. The van der Waals surface area contributed by atoms with E-state index < -0.39 is 9.84 Å². The van der Waals surface area contributed by atoms with Crippen LogP contribution in [-0.2, 0) is 14.6 Å². The summed E-state index contributed by atoms with van der Waals surface area (Å²) < 4.78 is 31.3. The van der Waals surface area contributed by atoms with Gasteiger partial charge in [0.15, 0.2) is 15.6 Å².